The van der Waals surface area contributed by atoms with Crippen molar-refractivity contribution in [1.82, 2.24) is 9.36 Å². The Balaban J connectivity index is 1.68. The van der Waals surface area contributed by atoms with Gasteiger partial charge in [-0.05, 0) is 31.1 Å². The van der Waals surface area contributed by atoms with Gasteiger partial charge in [-0.15, -0.1) is 0 Å². The Morgan fingerprint density at radius 3 is 2.71 bits per heavy atom. The van der Waals surface area contributed by atoms with Gasteiger partial charge >= 0.3 is 0 Å². The Hall–Kier alpha value is -0.640. The Kier molecular flexibility index (Phi) is 2.16. The molecule has 0 aromatic carbocycles. The number of rotatable bonds is 2. The van der Waals surface area contributed by atoms with Crippen LogP contribution >= 0.6 is 11.5 Å². The molecule has 4 rings (SSSR count). The summed E-state index contributed by atoms with van der Waals surface area (Å²) in [5.41, 5.74) is 0. The summed E-state index contributed by atoms with van der Waals surface area (Å²) in [7, 11) is 0. The molecule has 1 aromatic rings. The molecule has 3 aliphatic rings. The summed E-state index contributed by atoms with van der Waals surface area (Å²) in [6, 6.07) is 0.676. The first-order valence-electron chi connectivity index (χ1n) is 5.45. The highest BCUT2D eigenvalue weighted by Gasteiger charge is 2.35. The number of hydrogen-bond acceptors (Lipinski definition) is 4. The van der Waals surface area contributed by atoms with Crippen molar-refractivity contribution in [2.45, 2.75) is 38.1 Å². The van der Waals surface area contributed by atoms with Gasteiger partial charge < -0.3 is 5.32 Å². The van der Waals surface area contributed by atoms with E-state index in [4.69, 9.17) is 0 Å². The second-order valence-electron chi connectivity index (χ2n) is 4.51. The smallest absolute Gasteiger partial charge is 0.202 e. The third-order valence-electron chi connectivity index (χ3n) is 3.72. The van der Waals surface area contributed by atoms with E-state index in [9.17, 15) is 0 Å². The number of nitrogens with zero attached hydrogens (tertiary/aromatic N) is 2. The van der Waals surface area contributed by atoms with E-state index in [2.05, 4.69) is 14.7 Å². The molecule has 3 fully saturated rings. The second kappa shape index (κ2) is 3.50. The number of anilines is 1. The molecule has 1 N–H and O–H groups in total. The monoisotopic (exact) mass is 209 g/mol. The predicted octanol–water partition coefficient (Wildman–Crippen LogP) is 2.53. The molecular weight excluding hydrogens is 194 g/mol. The summed E-state index contributed by atoms with van der Waals surface area (Å²) in [5, 5.41) is 4.54. The molecule has 0 saturated heterocycles. The van der Waals surface area contributed by atoms with Gasteiger partial charge in [0.15, 0.2) is 0 Å². The molecule has 76 valence electrons. The molecule has 1 heterocycles. The van der Waals surface area contributed by atoms with Crippen LogP contribution in [0.1, 0.15) is 32.1 Å². The lowest BCUT2D eigenvalue weighted by Gasteiger charge is -2.42. The molecule has 1 aromatic heterocycles. The van der Waals surface area contributed by atoms with Gasteiger partial charge in [0.2, 0.25) is 5.13 Å². The third-order valence-corrected chi connectivity index (χ3v) is 4.31. The minimum absolute atomic E-state index is 0.676. The first-order chi connectivity index (χ1) is 6.92. The molecular formula is C10H15N3S. The molecule has 1 atom stereocenters. The molecule has 0 amide bonds. The standard InChI is InChI=1S/C10H15N3S/c1-3-8-4-2-7(1)5-9(8)13-10-11-6-12-14-10/h6-9H,1-5H2,(H,11,12,13). The zero-order valence-corrected chi connectivity index (χ0v) is 8.96. The third kappa shape index (κ3) is 1.52. The van der Waals surface area contributed by atoms with Crippen molar-refractivity contribution in [3.8, 4) is 0 Å². The van der Waals surface area contributed by atoms with Crippen LogP contribution in [0.4, 0.5) is 5.13 Å². The van der Waals surface area contributed by atoms with E-state index in [0.717, 1.165) is 17.0 Å². The maximum absolute atomic E-state index is 4.19. The van der Waals surface area contributed by atoms with E-state index >= 15 is 0 Å². The normalized spacial score (nSPS) is 35.9. The van der Waals surface area contributed by atoms with Crippen LogP contribution in [-0.4, -0.2) is 15.4 Å². The van der Waals surface area contributed by atoms with Crippen molar-refractivity contribution in [2.75, 3.05) is 5.32 Å². The molecule has 2 bridgehead atoms. The van der Waals surface area contributed by atoms with E-state index < -0.39 is 0 Å². The van der Waals surface area contributed by atoms with Gasteiger partial charge in [-0.2, -0.15) is 4.37 Å². The van der Waals surface area contributed by atoms with Crippen LogP contribution in [0.2, 0.25) is 0 Å². The van der Waals surface area contributed by atoms with Crippen molar-refractivity contribution in [3.63, 3.8) is 0 Å². The quantitative estimate of drug-likeness (QED) is 0.813. The maximum Gasteiger partial charge on any atom is 0.202 e. The Labute approximate surface area is 88.1 Å². The lowest BCUT2D eigenvalue weighted by molar-refractivity contribution is 0.157. The number of hydrogen-bond donors (Lipinski definition) is 1. The number of nitrogens with one attached hydrogen (secondary N) is 1. The highest BCUT2D eigenvalue weighted by atomic mass is 32.1. The minimum atomic E-state index is 0.676. The van der Waals surface area contributed by atoms with E-state index in [1.807, 2.05) is 0 Å². The van der Waals surface area contributed by atoms with Crippen LogP contribution in [0.25, 0.3) is 0 Å². The summed E-state index contributed by atoms with van der Waals surface area (Å²) in [5.74, 6) is 1.87. The number of aromatic nitrogens is 2. The molecule has 3 saturated carbocycles. The van der Waals surface area contributed by atoms with Crippen LogP contribution in [0.15, 0.2) is 6.33 Å². The molecule has 3 nitrogen and oxygen atoms in total. The maximum atomic E-state index is 4.19. The zero-order valence-electron chi connectivity index (χ0n) is 8.15. The fourth-order valence-electron chi connectivity index (χ4n) is 2.95. The first kappa shape index (κ1) is 8.65. The van der Waals surface area contributed by atoms with Gasteiger partial charge in [0.25, 0.3) is 0 Å². The van der Waals surface area contributed by atoms with Crippen molar-refractivity contribution in [1.29, 1.82) is 0 Å². The lowest BCUT2D eigenvalue weighted by atomic mass is 9.68. The van der Waals surface area contributed by atoms with Gasteiger partial charge in [-0.1, -0.05) is 12.8 Å². The average molecular weight is 209 g/mol. The van der Waals surface area contributed by atoms with Gasteiger partial charge in [0, 0.05) is 17.6 Å². The van der Waals surface area contributed by atoms with E-state index in [1.54, 1.807) is 6.33 Å². The highest BCUT2D eigenvalue weighted by molar-refractivity contribution is 7.09. The van der Waals surface area contributed by atoms with Crippen molar-refractivity contribution in [2.24, 2.45) is 11.8 Å². The van der Waals surface area contributed by atoms with Gasteiger partial charge in [0.05, 0.1) is 0 Å². The van der Waals surface area contributed by atoms with Crippen molar-refractivity contribution >= 4 is 16.7 Å². The molecule has 3 aliphatic carbocycles. The van der Waals surface area contributed by atoms with Crippen LogP contribution < -0.4 is 5.32 Å². The predicted molar refractivity (Wildman–Crippen MR) is 57.4 cm³/mol. The first-order valence-corrected chi connectivity index (χ1v) is 6.22. The lowest BCUT2D eigenvalue weighted by Crippen LogP contribution is -2.40. The van der Waals surface area contributed by atoms with Crippen LogP contribution in [0.3, 0.4) is 0 Å². The topological polar surface area (TPSA) is 37.8 Å². The van der Waals surface area contributed by atoms with E-state index in [0.29, 0.717) is 6.04 Å². The van der Waals surface area contributed by atoms with Gasteiger partial charge in [0.1, 0.15) is 6.33 Å². The highest BCUT2D eigenvalue weighted by Crippen LogP contribution is 2.42. The Morgan fingerprint density at radius 1 is 1.29 bits per heavy atom. The van der Waals surface area contributed by atoms with E-state index in [1.165, 1.54) is 43.6 Å². The Morgan fingerprint density at radius 2 is 2.14 bits per heavy atom. The van der Waals surface area contributed by atoms with E-state index in [-0.39, 0.29) is 0 Å². The van der Waals surface area contributed by atoms with Crippen LogP contribution in [0.5, 0.6) is 0 Å². The SMILES string of the molecule is c1nsc(NC2CC3CCC2CC3)n1. The average Bonchev–Trinajstić information content (AvgIpc) is 2.72. The zero-order chi connectivity index (χ0) is 9.38. The second-order valence-corrected chi connectivity index (χ2v) is 5.29. The van der Waals surface area contributed by atoms with Crippen LogP contribution in [0, 0.1) is 11.8 Å². The van der Waals surface area contributed by atoms with Crippen LogP contribution in [-0.2, 0) is 0 Å². The molecule has 1 unspecified atom stereocenters. The van der Waals surface area contributed by atoms with Gasteiger partial charge in [-0.25, -0.2) is 4.98 Å². The molecule has 4 heteroatoms. The summed E-state index contributed by atoms with van der Waals surface area (Å²) in [6.45, 7) is 0. The van der Waals surface area contributed by atoms with Crippen molar-refractivity contribution < 1.29 is 0 Å². The summed E-state index contributed by atoms with van der Waals surface area (Å²) in [6.07, 6.45) is 8.73. The van der Waals surface area contributed by atoms with Gasteiger partial charge in [-0.3, -0.25) is 0 Å². The number of fused-ring (bicyclic) bond motifs is 3. The Bertz CT molecular complexity index is 290. The molecule has 0 aliphatic heterocycles. The molecule has 0 spiro atoms. The van der Waals surface area contributed by atoms with Crippen molar-refractivity contribution in [3.05, 3.63) is 6.33 Å². The summed E-state index contributed by atoms with van der Waals surface area (Å²) < 4.78 is 4.02. The fourth-order valence-corrected chi connectivity index (χ4v) is 3.44. The molecule has 0 radical (unpaired) electrons. The largest absolute Gasteiger partial charge is 0.357 e. The molecule has 14 heavy (non-hydrogen) atoms. The summed E-state index contributed by atoms with van der Waals surface area (Å²) >= 11 is 1.47. The fraction of sp³-hybridized carbons (Fsp3) is 0.800. The summed E-state index contributed by atoms with van der Waals surface area (Å²) in [4.78, 5) is 4.19. The minimum Gasteiger partial charge on any atom is -0.357 e.